The number of likely N-dealkylation sites (N-methyl/N-ethyl adjacent to an activating group) is 1. The maximum absolute atomic E-state index is 5.94. The molecule has 170 valence electrons. The molecule has 0 saturated carbocycles. The van der Waals surface area contributed by atoms with Crippen LogP contribution in [-0.2, 0) is 16.0 Å². The van der Waals surface area contributed by atoms with Crippen LogP contribution < -0.4 is 15.4 Å². The van der Waals surface area contributed by atoms with Gasteiger partial charge < -0.3 is 29.7 Å². The predicted octanol–water partition coefficient (Wildman–Crippen LogP) is 2.52. The van der Waals surface area contributed by atoms with Gasteiger partial charge in [-0.1, -0.05) is 18.2 Å². The van der Waals surface area contributed by atoms with Crippen LogP contribution in [0.2, 0.25) is 0 Å². The van der Waals surface area contributed by atoms with Crippen molar-refractivity contribution in [3.63, 3.8) is 0 Å². The van der Waals surface area contributed by atoms with Gasteiger partial charge in [-0.05, 0) is 52.3 Å². The molecular weight excluding hydrogens is 380 g/mol. The van der Waals surface area contributed by atoms with Crippen molar-refractivity contribution in [2.45, 2.75) is 32.7 Å². The summed E-state index contributed by atoms with van der Waals surface area (Å²) in [4.78, 5) is 6.84. The highest BCUT2D eigenvalue weighted by molar-refractivity contribution is 5.79. The van der Waals surface area contributed by atoms with Crippen LogP contribution in [0, 0.1) is 5.92 Å². The van der Waals surface area contributed by atoms with Gasteiger partial charge in [0.05, 0.1) is 6.54 Å². The van der Waals surface area contributed by atoms with Crippen LogP contribution in [0.3, 0.4) is 0 Å². The molecule has 0 spiro atoms. The molecule has 1 aromatic carbocycles. The first-order chi connectivity index (χ1) is 14.7. The van der Waals surface area contributed by atoms with Gasteiger partial charge in [0.1, 0.15) is 12.4 Å². The minimum Gasteiger partial charge on any atom is -0.492 e. The Labute approximate surface area is 182 Å². The first-order valence-electron chi connectivity index (χ1n) is 11.2. The Morgan fingerprint density at radius 3 is 2.73 bits per heavy atom. The Bertz CT molecular complexity index is 604. The van der Waals surface area contributed by atoms with Gasteiger partial charge in [0.15, 0.2) is 5.96 Å². The van der Waals surface area contributed by atoms with E-state index in [1.165, 1.54) is 0 Å². The third-order valence-corrected chi connectivity index (χ3v) is 4.97. The molecule has 2 rings (SSSR count). The van der Waals surface area contributed by atoms with Gasteiger partial charge in [-0.15, -0.1) is 0 Å². The van der Waals surface area contributed by atoms with Crippen molar-refractivity contribution >= 4 is 5.96 Å². The summed E-state index contributed by atoms with van der Waals surface area (Å²) in [5.74, 6) is 2.39. The zero-order valence-corrected chi connectivity index (χ0v) is 19.0. The molecule has 1 aliphatic rings. The number of nitrogens with one attached hydrogen (secondary N) is 2. The monoisotopic (exact) mass is 420 g/mol. The molecule has 30 heavy (non-hydrogen) atoms. The zero-order chi connectivity index (χ0) is 21.4. The normalized spacial score (nSPS) is 15.4. The molecule has 7 nitrogen and oxygen atoms in total. The van der Waals surface area contributed by atoms with Gasteiger partial charge in [0.2, 0.25) is 0 Å². The number of guanidine groups is 1. The van der Waals surface area contributed by atoms with Crippen molar-refractivity contribution in [3.8, 4) is 5.75 Å². The van der Waals surface area contributed by atoms with E-state index in [2.05, 4.69) is 28.5 Å². The van der Waals surface area contributed by atoms with Crippen LogP contribution in [0.15, 0.2) is 29.3 Å². The van der Waals surface area contributed by atoms with E-state index in [0.29, 0.717) is 19.1 Å². The van der Waals surface area contributed by atoms with Gasteiger partial charge in [-0.3, -0.25) is 0 Å². The van der Waals surface area contributed by atoms with Gasteiger partial charge in [-0.25, -0.2) is 4.99 Å². The largest absolute Gasteiger partial charge is 0.492 e. The van der Waals surface area contributed by atoms with Crippen LogP contribution in [0.1, 0.15) is 31.7 Å². The fourth-order valence-electron chi connectivity index (χ4n) is 3.16. The SMILES string of the molecule is CCNC(=NCc1ccccc1OCCN(C)C)NCCCOCC1CCOCC1. The minimum atomic E-state index is 0.577. The molecule has 0 amide bonds. The first-order valence-corrected chi connectivity index (χ1v) is 11.2. The lowest BCUT2D eigenvalue weighted by Crippen LogP contribution is -2.38. The molecule has 7 heteroatoms. The van der Waals surface area contributed by atoms with Crippen molar-refractivity contribution in [2.24, 2.45) is 10.9 Å². The fourth-order valence-corrected chi connectivity index (χ4v) is 3.16. The van der Waals surface area contributed by atoms with Crippen LogP contribution in [0.25, 0.3) is 0 Å². The van der Waals surface area contributed by atoms with Crippen molar-refractivity contribution in [1.82, 2.24) is 15.5 Å². The fraction of sp³-hybridized carbons (Fsp3) is 0.696. The van der Waals surface area contributed by atoms with Gasteiger partial charge in [-0.2, -0.15) is 0 Å². The second kappa shape index (κ2) is 15.0. The average molecular weight is 421 g/mol. The maximum atomic E-state index is 5.94. The molecule has 1 aromatic rings. The topological polar surface area (TPSA) is 67.4 Å². The highest BCUT2D eigenvalue weighted by atomic mass is 16.5. The highest BCUT2D eigenvalue weighted by Gasteiger charge is 2.13. The van der Waals surface area contributed by atoms with E-state index in [-0.39, 0.29) is 0 Å². The minimum absolute atomic E-state index is 0.577. The summed E-state index contributed by atoms with van der Waals surface area (Å²) in [6, 6.07) is 8.11. The maximum Gasteiger partial charge on any atom is 0.191 e. The second-order valence-electron chi connectivity index (χ2n) is 7.87. The van der Waals surface area contributed by atoms with Gasteiger partial charge in [0.25, 0.3) is 0 Å². The predicted molar refractivity (Wildman–Crippen MR) is 122 cm³/mol. The number of rotatable bonds is 13. The smallest absolute Gasteiger partial charge is 0.191 e. The standard InChI is InChI=1S/C23H40N4O3/c1-4-24-23(25-12-7-14-29-19-20-10-15-28-16-11-20)26-18-21-8-5-6-9-22(21)30-17-13-27(2)3/h5-6,8-9,20H,4,7,10-19H2,1-3H3,(H2,24,25,26). The average Bonchev–Trinajstić information content (AvgIpc) is 2.75. The van der Waals surface area contributed by atoms with E-state index in [9.17, 15) is 0 Å². The molecule has 0 unspecified atom stereocenters. The van der Waals surface area contributed by atoms with Crippen LogP contribution in [0.4, 0.5) is 0 Å². The number of hydrogen-bond acceptors (Lipinski definition) is 5. The summed E-state index contributed by atoms with van der Waals surface area (Å²) in [5, 5.41) is 6.71. The molecular formula is C23H40N4O3. The summed E-state index contributed by atoms with van der Waals surface area (Å²) in [5.41, 5.74) is 1.09. The lowest BCUT2D eigenvalue weighted by Gasteiger charge is -2.21. The summed E-state index contributed by atoms with van der Waals surface area (Å²) in [6.45, 7) is 9.24. The Balaban J connectivity index is 1.71. The van der Waals surface area contributed by atoms with Crippen LogP contribution >= 0.6 is 0 Å². The van der Waals surface area contributed by atoms with E-state index >= 15 is 0 Å². The molecule has 1 heterocycles. The van der Waals surface area contributed by atoms with Gasteiger partial charge in [0, 0.05) is 51.6 Å². The lowest BCUT2D eigenvalue weighted by molar-refractivity contribution is 0.0203. The Hall–Kier alpha value is -1.83. The van der Waals surface area contributed by atoms with Crippen LogP contribution in [0.5, 0.6) is 5.75 Å². The molecule has 2 N–H and O–H groups in total. The quantitative estimate of drug-likeness (QED) is 0.290. The third-order valence-electron chi connectivity index (χ3n) is 4.97. The van der Waals surface area contributed by atoms with Gasteiger partial charge >= 0.3 is 0 Å². The number of aliphatic imine (C=N–C) groups is 1. The molecule has 1 fully saturated rings. The Kier molecular flexibility index (Phi) is 12.3. The molecule has 0 aliphatic carbocycles. The lowest BCUT2D eigenvalue weighted by atomic mass is 10.0. The molecule has 0 radical (unpaired) electrons. The summed E-state index contributed by atoms with van der Waals surface area (Å²) in [6.07, 6.45) is 3.20. The zero-order valence-electron chi connectivity index (χ0n) is 19.0. The molecule has 0 bridgehead atoms. The van der Waals surface area contributed by atoms with E-state index < -0.39 is 0 Å². The highest BCUT2D eigenvalue weighted by Crippen LogP contribution is 2.19. The van der Waals surface area contributed by atoms with Crippen LogP contribution in [-0.4, -0.2) is 77.6 Å². The van der Waals surface area contributed by atoms with Crippen molar-refractivity contribution in [3.05, 3.63) is 29.8 Å². The second-order valence-corrected chi connectivity index (χ2v) is 7.87. The van der Waals surface area contributed by atoms with E-state index in [1.807, 2.05) is 32.3 Å². The number of ether oxygens (including phenoxy) is 3. The number of nitrogens with zero attached hydrogens (tertiary/aromatic N) is 2. The number of para-hydroxylation sites is 1. The van der Waals surface area contributed by atoms with Crippen molar-refractivity contribution < 1.29 is 14.2 Å². The summed E-state index contributed by atoms with van der Waals surface area (Å²) >= 11 is 0. The number of hydrogen-bond donors (Lipinski definition) is 2. The van der Waals surface area contributed by atoms with E-state index in [1.54, 1.807) is 0 Å². The summed E-state index contributed by atoms with van der Waals surface area (Å²) < 4.78 is 17.2. The van der Waals surface area contributed by atoms with E-state index in [4.69, 9.17) is 19.2 Å². The Morgan fingerprint density at radius 1 is 1.17 bits per heavy atom. The molecule has 1 saturated heterocycles. The first kappa shape index (κ1) is 24.4. The molecule has 1 aliphatic heterocycles. The third kappa shape index (κ3) is 10.3. The van der Waals surface area contributed by atoms with Crippen molar-refractivity contribution in [1.29, 1.82) is 0 Å². The summed E-state index contributed by atoms with van der Waals surface area (Å²) in [7, 11) is 4.09. The van der Waals surface area contributed by atoms with E-state index in [0.717, 1.165) is 82.6 Å². The molecule has 0 atom stereocenters. The number of benzene rings is 1. The van der Waals surface area contributed by atoms with Crippen molar-refractivity contribution in [2.75, 3.05) is 66.8 Å². The molecule has 0 aromatic heterocycles. The Morgan fingerprint density at radius 2 is 1.97 bits per heavy atom.